The van der Waals surface area contributed by atoms with Gasteiger partial charge in [-0.1, -0.05) is 44.0 Å². The SMILES string of the molecule is C=C/C=C/C(=C)OCCOC(=O)/C=C/C=C. The minimum absolute atomic E-state index is 0.182. The van der Waals surface area contributed by atoms with E-state index in [0.29, 0.717) is 5.76 Å². The van der Waals surface area contributed by atoms with E-state index >= 15 is 0 Å². The second kappa shape index (κ2) is 9.52. The molecule has 0 radical (unpaired) electrons. The van der Waals surface area contributed by atoms with Crippen LogP contribution >= 0.6 is 0 Å². The van der Waals surface area contributed by atoms with Crippen LogP contribution in [0.2, 0.25) is 0 Å². The highest BCUT2D eigenvalue weighted by molar-refractivity contribution is 5.82. The fourth-order valence-corrected chi connectivity index (χ4v) is 0.733. The number of esters is 1. The molecule has 3 nitrogen and oxygen atoms in total. The lowest BCUT2D eigenvalue weighted by Gasteiger charge is -2.05. The van der Waals surface area contributed by atoms with Crippen LogP contribution in [0.1, 0.15) is 0 Å². The third kappa shape index (κ3) is 8.56. The van der Waals surface area contributed by atoms with E-state index in [-0.39, 0.29) is 13.2 Å². The van der Waals surface area contributed by atoms with Gasteiger partial charge in [0.15, 0.2) is 0 Å². The highest BCUT2D eigenvalue weighted by atomic mass is 16.6. The standard InChI is InChI=1S/C13H16O3/c1-4-6-8-12(3)15-10-11-16-13(14)9-7-5-2/h4-9H,1-3,10-11H2/b8-6+,9-7+. The van der Waals surface area contributed by atoms with Crippen LogP contribution in [0.15, 0.2) is 62.0 Å². The molecule has 0 unspecified atom stereocenters. The van der Waals surface area contributed by atoms with Crippen molar-refractivity contribution >= 4 is 5.97 Å². The molecule has 0 aromatic rings. The number of carbonyl (C=O) groups excluding carboxylic acids is 1. The van der Waals surface area contributed by atoms with E-state index in [9.17, 15) is 4.79 Å². The summed E-state index contributed by atoms with van der Waals surface area (Å²) in [6, 6.07) is 0. The Kier molecular flexibility index (Phi) is 8.31. The fourth-order valence-electron chi connectivity index (χ4n) is 0.733. The summed E-state index contributed by atoms with van der Waals surface area (Å²) in [5.74, 6) is 0.0772. The van der Waals surface area contributed by atoms with Crippen molar-refractivity contribution < 1.29 is 14.3 Å². The predicted molar refractivity (Wildman–Crippen MR) is 64.7 cm³/mol. The molecule has 0 aromatic heterocycles. The van der Waals surface area contributed by atoms with E-state index in [1.807, 2.05) is 0 Å². The van der Waals surface area contributed by atoms with Crippen molar-refractivity contribution in [2.24, 2.45) is 0 Å². The van der Waals surface area contributed by atoms with Crippen LogP contribution in [0.25, 0.3) is 0 Å². The van der Waals surface area contributed by atoms with Gasteiger partial charge in [0.2, 0.25) is 0 Å². The van der Waals surface area contributed by atoms with Crippen molar-refractivity contribution in [2.45, 2.75) is 0 Å². The molecule has 0 saturated heterocycles. The second-order valence-corrected chi connectivity index (χ2v) is 2.67. The van der Waals surface area contributed by atoms with Crippen LogP contribution < -0.4 is 0 Å². The van der Waals surface area contributed by atoms with Gasteiger partial charge in [-0.25, -0.2) is 4.79 Å². The summed E-state index contributed by atoms with van der Waals surface area (Å²) in [5.41, 5.74) is 0. The minimum atomic E-state index is -0.421. The Morgan fingerprint density at radius 1 is 1.00 bits per heavy atom. The summed E-state index contributed by atoms with van der Waals surface area (Å²) in [6.07, 6.45) is 9.30. The zero-order valence-corrected chi connectivity index (χ0v) is 9.22. The molecule has 0 atom stereocenters. The highest BCUT2D eigenvalue weighted by Crippen LogP contribution is 1.95. The summed E-state index contributed by atoms with van der Waals surface area (Å²) in [5, 5.41) is 0. The number of allylic oxidation sites excluding steroid dienone is 5. The summed E-state index contributed by atoms with van der Waals surface area (Å²) >= 11 is 0. The van der Waals surface area contributed by atoms with Gasteiger partial charge in [0, 0.05) is 6.08 Å². The Labute approximate surface area is 96.1 Å². The number of carbonyl (C=O) groups is 1. The van der Waals surface area contributed by atoms with Gasteiger partial charge >= 0.3 is 5.97 Å². The van der Waals surface area contributed by atoms with Crippen molar-refractivity contribution in [3.8, 4) is 0 Å². The molecule has 0 aliphatic rings. The predicted octanol–water partition coefficient (Wildman–Crippen LogP) is 2.54. The minimum Gasteiger partial charge on any atom is -0.491 e. The van der Waals surface area contributed by atoms with E-state index in [4.69, 9.17) is 9.47 Å². The number of ether oxygens (including phenoxy) is 2. The number of hydrogen-bond acceptors (Lipinski definition) is 3. The molecule has 0 aromatic carbocycles. The summed E-state index contributed by atoms with van der Waals surface area (Å²) in [7, 11) is 0. The fraction of sp³-hybridized carbons (Fsp3) is 0.154. The van der Waals surface area contributed by atoms with Gasteiger partial charge in [-0.05, 0) is 6.08 Å². The van der Waals surface area contributed by atoms with E-state index in [1.54, 1.807) is 18.2 Å². The van der Waals surface area contributed by atoms with Crippen molar-refractivity contribution in [1.29, 1.82) is 0 Å². The Balaban J connectivity index is 3.60. The van der Waals surface area contributed by atoms with Gasteiger partial charge in [-0.2, -0.15) is 0 Å². The van der Waals surface area contributed by atoms with Crippen LogP contribution in [0.5, 0.6) is 0 Å². The van der Waals surface area contributed by atoms with Crippen LogP contribution in [0.3, 0.4) is 0 Å². The van der Waals surface area contributed by atoms with Gasteiger partial charge in [-0.3, -0.25) is 0 Å². The molecule has 0 bridgehead atoms. The maximum Gasteiger partial charge on any atom is 0.330 e. The molecular weight excluding hydrogens is 204 g/mol. The Hall–Kier alpha value is -2.03. The monoisotopic (exact) mass is 220 g/mol. The zero-order chi connectivity index (χ0) is 12.2. The average Bonchev–Trinajstić information content (AvgIpc) is 2.29. The van der Waals surface area contributed by atoms with Crippen LogP contribution in [-0.4, -0.2) is 19.2 Å². The van der Waals surface area contributed by atoms with E-state index in [1.165, 1.54) is 18.2 Å². The Morgan fingerprint density at radius 2 is 1.56 bits per heavy atom. The lowest BCUT2D eigenvalue weighted by Crippen LogP contribution is -2.07. The molecule has 86 valence electrons. The molecular formula is C13H16O3. The second-order valence-electron chi connectivity index (χ2n) is 2.67. The van der Waals surface area contributed by atoms with Crippen LogP contribution in [0, 0.1) is 0 Å². The molecule has 3 heteroatoms. The molecule has 16 heavy (non-hydrogen) atoms. The van der Waals surface area contributed by atoms with Gasteiger partial charge in [0.1, 0.15) is 19.0 Å². The van der Waals surface area contributed by atoms with Crippen molar-refractivity contribution in [3.05, 3.63) is 62.0 Å². The first kappa shape index (κ1) is 14.0. The van der Waals surface area contributed by atoms with Gasteiger partial charge in [0.25, 0.3) is 0 Å². The van der Waals surface area contributed by atoms with Gasteiger partial charge in [-0.15, -0.1) is 0 Å². The molecule has 0 saturated carbocycles. The van der Waals surface area contributed by atoms with Crippen molar-refractivity contribution in [1.82, 2.24) is 0 Å². The highest BCUT2D eigenvalue weighted by Gasteiger charge is 1.96. The van der Waals surface area contributed by atoms with E-state index in [2.05, 4.69) is 19.7 Å². The maximum atomic E-state index is 11.0. The lowest BCUT2D eigenvalue weighted by molar-refractivity contribution is -0.138. The molecule has 0 heterocycles. The summed E-state index contributed by atoms with van der Waals surface area (Å²) in [4.78, 5) is 11.0. The number of hydrogen-bond donors (Lipinski definition) is 0. The molecule has 0 amide bonds. The number of rotatable bonds is 8. The summed E-state index contributed by atoms with van der Waals surface area (Å²) in [6.45, 7) is 11.0. The normalized spacial score (nSPS) is 10.2. The third-order valence-corrected chi connectivity index (χ3v) is 1.40. The largest absolute Gasteiger partial charge is 0.491 e. The molecule has 0 rings (SSSR count). The zero-order valence-electron chi connectivity index (χ0n) is 9.22. The smallest absolute Gasteiger partial charge is 0.330 e. The maximum absolute atomic E-state index is 11.0. The Bertz CT molecular complexity index is 279. The molecule has 0 aliphatic heterocycles. The van der Waals surface area contributed by atoms with Crippen LogP contribution in [-0.2, 0) is 14.3 Å². The molecule has 0 fully saturated rings. The first-order chi connectivity index (χ1) is 7.70. The topological polar surface area (TPSA) is 35.5 Å². The third-order valence-electron chi connectivity index (χ3n) is 1.40. The van der Waals surface area contributed by atoms with Crippen molar-refractivity contribution in [3.63, 3.8) is 0 Å². The van der Waals surface area contributed by atoms with Gasteiger partial charge < -0.3 is 9.47 Å². The molecule has 0 spiro atoms. The first-order valence-electron chi connectivity index (χ1n) is 4.77. The quantitative estimate of drug-likeness (QED) is 0.207. The molecule has 0 N–H and O–H groups in total. The molecule has 0 aliphatic carbocycles. The first-order valence-corrected chi connectivity index (χ1v) is 4.77. The van der Waals surface area contributed by atoms with Crippen molar-refractivity contribution in [2.75, 3.05) is 13.2 Å². The lowest BCUT2D eigenvalue weighted by atomic mass is 10.4. The summed E-state index contributed by atoms with van der Waals surface area (Å²) < 4.78 is 9.96. The van der Waals surface area contributed by atoms with Gasteiger partial charge in [0.05, 0.1) is 0 Å². The Morgan fingerprint density at radius 3 is 2.19 bits per heavy atom. The average molecular weight is 220 g/mol. The van der Waals surface area contributed by atoms with E-state index < -0.39 is 5.97 Å². The van der Waals surface area contributed by atoms with E-state index in [0.717, 1.165) is 0 Å². The van der Waals surface area contributed by atoms with Crippen LogP contribution in [0.4, 0.5) is 0 Å².